The third-order valence-corrected chi connectivity index (χ3v) is 1.39. The summed E-state index contributed by atoms with van der Waals surface area (Å²) in [6.45, 7) is 1.56. The Morgan fingerprint density at radius 3 is 2.70 bits per heavy atom. The number of aliphatic hydroxyl groups is 1. The van der Waals surface area contributed by atoms with Gasteiger partial charge in [-0.1, -0.05) is 0 Å². The molecule has 0 aliphatic carbocycles. The van der Waals surface area contributed by atoms with Crippen LogP contribution in [-0.4, -0.2) is 20.0 Å². The zero-order valence-corrected chi connectivity index (χ0v) is 6.22. The Hall–Kier alpha value is -0.880. The molecule has 0 aliphatic rings. The van der Waals surface area contributed by atoms with Crippen LogP contribution in [0.4, 0.5) is 0 Å². The first kappa shape index (κ1) is 7.23. The Morgan fingerprint density at radius 2 is 2.50 bits per heavy atom. The number of aromatic nitrogens is 3. The average molecular weight is 160 g/mol. The van der Waals surface area contributed by atoms with Crippen molar-refractivity contribution in [3.05, 3.63) is 10.6 Å². The van der Waals surface area contributed by atoms with Crippen LogP contribution in [-0.2, 0) is 0 Å². The number of hydrogen-bond donors (Lipinski definition) is 3. The summed E-state index contributed by atoms with van der Waals surface area (Å²) >= 11 is 4.70. The second-order valence-corrected chi connectivity index (χ2v) is 2.32. The number of hydrogen-bond acceptors (Lipinski definition) is 4. The van der Waals surface area contributed by atoms with Gasteiger partial charge in [0, 0.05) is 0 Å². The second-order valence-electron chi connectivity index (χ2n) is 1.93. The van der Waals surface area contributed by atoms with Gasteiger partial charge in [-0.05, 0) is 19.1 Å². The molecule has 10 heavy (non-hydrogen) atoms. The smallest absolute Gasteiger partial charge is 0.214 e. The van der Waals surface area contributed by atoms with Crippen LogP contribution in [0, 0.1) is 4.77 Å². The SMILES string of the molecule is C[C@H](O)c1n[nH]c(=S)n1N. The highest BCUT2D eigenvalue weighted by molar-refractivity contribution is 7.71. The highest BCUT2D eigenvalue weighted by atomic mass is 32.1. The molecule has 0 aliphatic heterocycles. The average Bonchev–Trinajstić information content (AvgIpc) is 2.14. The minimum Gasteiger partial charge on any atom is -0.385 e. The molecule has 6 heteroatoms. The number of rotatable bonds is 1. The number of nitrogens with two attached hydrogens (primary N) is 1. The first-order valence-corrected chi connectivity index (χ1v) is 3.14. The molecule has 0 radical (unpaired) electrons. The van der Waals surface area contributed by atoms with Crippen LogP contribution in [0.3, 0.4) is 0 Å². The van der Waals surface area contributed by atoms with Gasteiger partial charge in [-0.25, -0.2) is 4.68 Å². The van der Waals surface area contributed by atoms with E-state index >= 15 is 0 Å². The third-order valence-electron chi connectivity index (χ3n) is 1.11. The monoisotopic (exact) mass is 160 g/mol. The minimum absolute atomic E-state index is 0.302. The fourth-order valence-corrected chi connectivity index (χ4v) is 0.751. The third kappa shape index (κ3) is 1.03. The lowest BCUT2D eigenvalue weighted by atomic mass is 10.4. The predicted molar refractivity (Wildman–Crippen MR) is 38.2 cm³/mol. The molecule has 4 N–H and O–H groups in total. The van der Waals surface area contributed by atoms with Crippen LogP contribution >= 0.6 is 12.2 Å². The number of nitrogen functional groups attached to an aromatic ring is 1. The van der Waals surface area contributed by atoms with Gasteiger partial charge in [0.2, 0.25) is 4.77 Å². The highest BCUT2D eigenvalue weighted by Gasteiger charge is 2.07. The van der Waals surface area contributed by atoms with Crippen molar-refractivity contribution in [3.8, 4) is 0 Å². The molecule has 1 rings (SSSR count). The van der Waals surface area contributed by atoms with Crippen LogP contribution in [0.1, 0.15) is 18.9 Å². The molecule has 1 atom stereocenters. The quantitative estimate of drug-likeness (QED) is 0.389. The van der Waals surface area contributed by atoms with Gasteiger partial charge in [0.05, 0.1) is 0 Å². The molecule has 1 heterocycles. The van der Waals surface area contributed by atoms with E-state index in [9.17, 15) is 0 Å². The molecule has 0 fully saturated rings. The van der Waals surface area contributed by atoms with Crippen LogP contribution in [0.2, 0.25) is 0 Å². The van der Waals surface area contributed by atoms with Gasteiger partial charge >= 0.3 is 0 Å². The standard InChI is InChI=1S/C4H8N4OS/c1-2(9)3-6-7-4(10)8(3)5/h2,9H,5H2,1H3,(H,7,10)/t2-/m0/s1. The summed E-state index contributed by atoms with van der Waals surface area (Å²) in [6, 6.07) is 0. The lowest BCUT2D eigenvalue weighted by Gasteiger charge is -2.00. The normalized spacial score (nSPS) is 13.4. The van der Waals surface area contributed by atoms with Gasteiger partial charge in [-0.3, -0.25) is 5.10 Å². The van der Waals surface area contributed by atoms with Crippen molar-refractivity contribution in [2.75, 3.05) is 5.84 Å². The molecule has 56 valence electrons. The van der Waals surface area contributed by atoms with E-state index in [1.807, 2.05) is 0 Å². The van der Waals surface area contributed by atoms with E-state index in [1.165, 1.54) is 0 Å². The van der Waals surface area contributed by atoms with E-state index in [1.54, 1.807) is 6.92 Å². The van der Waals surface area contributed by atoms with Crippen molar-refractivity contribution >= 4 is 12.2 Å². The highest BCUT2D eigenvalue weighted by Crippen LogP contribution is 2.04. The Labute approximate surface area is 62.5 Å². The Kier molecular flexibility index (Phi) is 1.73. The van der Waals surface area contributed by atoms with Crippen molar-refractivity contribution in [1.82, 2.24) is 14.9 Å². The number of aromatic amines is 1. The molecule has 0 unspecified atom stereocenters. The molecule has 1 aromatic rings. The van der Waals surface area contributed by atoms with Crippen LogP contribution in [0.25, 0.3) is 0 Å². The first-order chi connectivity index (χ1) is 4.63. The predicted octanol–water partition coefficient (Wildman–Crippen LogP) is -0.292. The maximum atomic E-state index is 8.99. The number of nitrogens with zero attached hydrogens (tertiary/aromatic N) is 2. The van der Waals surface area contributed by atoms with E-state index in [2.05, 4.69) is 10.2 Å². The van der Waals surface area contributed by atoms with Gasteiger partial charge in [0.25, 0.3) is 0 Å². The van der Waals surface area contributed by atoms with Gasteiger partial charge in [0.1, 0.15) is 6.10 Å². The topological polar surface area (TPSA) is 79.9 Å². The molecule has 0 saturated heterocycles. The summed E-state index contributed by atoms with van der Waals surface area (Å²) in [7, 11) is 0. The molecule has 0 aromatic carbocycles. The summed E-state index contributed by atoms with van der Waals surface area (Å²) in [5.74, 6) is 5.70. The van der Waals surface area contributed by atoms with Crippen molar-refractivity contribution in [3.63, 3.8) is 0 Å². The van der Waals surface area contributed by atoms with E-state index in [4.69, 9.17) is 23.2 Å². The minimum atomic E-state index is -0.696. The maximum Gasteiger partial charge on any atom is 0.214 e. The van der Waals surface area contributed by atoms with Gasteiger partial charge < -0.3 is 10.9 Å². The lowest BCUT2D eigenvalue weighted by molar-refractivity contribution is 0.185. The fourth-order valence-electron chi connectivity index (χ4n) is 0.612. The van der Waals surface area contributed by atoms with Crippen LogP contribution in [0.15, 0.2) is 0 Å². The zero-order chi connectivity index (χ0) is 7.72. The summed E-state index contributed by atoms with van der Waals surface area (Å²) in [4.78, 5) is 0. The summed E-state index contributed by atoms with van der Waals surface area (Å²) in [5, 5.41) is 15.1. The Morgan fingerprint density at radius 1 is 1.90 bits per heavy atom. The molecule has 5 nitrogen and oxygen atoms in total. The maximum absolute atomic E-state index is 8.99. The van der Waals surface area contributed by atoms with E-state index < -0.39 is 6.10 Å². The fraction of sp³-hybridized carbons (Fsp3) is 0.500. The molecular formula is C4H8N4OS. The number of aliphatic hydroxyl groups excluding tert-OH is 1. The molecule has 0 saturated carbocycles. The van der Waals surface area contributed by atoms with Gasteiger partial charge in [0.15, 0.2) is 5.82 Å². The number of nitrogens with one attached hydrogen (secondary N) is 1. The Balaban J connectivity index is 3.18. The Bertz CT molecular complexity index is 275. The summed E-state index contributed by atoms with van der Waals surface area (Å²) in [5.41, 5.74) is 0. The molecule has 0 bridgehead atoms. The molecule has 0 spiro atoms. The molecule has 1 aromatic heterocycles. The largest absolute Gasteiger partial charge is 0.385 e. The van der Waals surface area contributed by atoms with Crippen molar-refractivity contribution in [2.24, 2.45) is 0 Å². The summed E-state index contributed by atoms with van der Waals surface area (Å²) < 4.78 is 1.44. The molecule has 0 amide bonds. The van der Waals surface area contributed by atoms with Gasteiger partial charge in [-0.2, -0.15) is 5.10 Å². The van der Waals surface area contributed by atoms with Crippen molar-refractivity contribution < 1.29 is 5.11 Å². The van der Waals surface area contributed by atoms with E-state index in [0.29, 0.717) is 10.6 Å². The zero-order valence-electron chi connectivity index (χ0n) is 5.40. The van der Waals surface area contributed by atoms with E-state index in [-0.39, 0.29) is 0 Å². The second kappa shape index (κ2) is 2.39. The van der Waals surface area contributed by atoms with E-state index in [0.717, 1.165) is 4.68 Å². The van der Waals surface area contributed by atoms with Gasteiger partial charge in [-0.15, -0.1) is 0 Å². The van der Waals surface area contributed by atoms with Crippen molar-refractivity contribution in [1.29, 1.82) is 0 Å². The van der Waals surface area contributed by atoms with Crippen LogP contribution < -0.4 is 5.84 Å². The summed E-state index contributed by atoms with van der Waals surface area (Å²) in [6.07, 6.45) is -0.696. The van der Waals surface area contributed by atoms with Crippen LogP contribution in [0.5, 0.6) is 0 Å². The first-order valence-electron chi connectivity index (χ1n) is 2.73. The lowest BCUT2D eigenvalue weighted by Crippen LogP contribution is -2.14. The van der Waals surface area contributed by atoms with Crippen molar-refractivity contribution in [2.45, 2.75) is 13.0 Å². The molecular weight excluding hydrogens is 152 g/mol. The number of H-pyrrole nitrogens is 1.